The zero-order valence-corrected chi connectivity index (χ0v) is 17.4. The van der Waals surface area contributed by atoms with E-state index in [0.717, 1.165) is 57.6 Å². The molecular formula is C20H30N4O2S. The first-order chi connectivity index (χ1) is 13.1. The Hall–Kier alpha value is -1.28. The minimum Gasteiger partial charge on any atom is -0.383 e. The van der Waals surface area contributed by atoms with Crippen LogP contribution < -0.4 is 0 Å². The van der Waals surface area contributed by atoms with E-state index in [1.165, 1.54) is 10.4 Å². The fourth-order valence-corrected chi connectivity index (χ4v) is 5.60. The first-order valence-corrected chi connectivity index (χ1v) is 10.8. The summed E-state index contributed by atoms with van der Waals surface area (Å²) in [5.41, 5.74) is 2.43. The summed E-state index contributed by atoms with van der Waals surface area (Å²) in [6.45, 7) is 8.71. The number of ether oxygens (including phenoxy) is 2. The average molecular weight is 391 g/mol. The SMILES string of the molecule is CCc1cc2c(s1)CCO[C@@]21CCN(Cc2cn(CCOC)nn2)[C@@H](C)C1. The summed E-state index contributed by atoms with van der Waals surface area (Å²) >= 11 is 1.99. The molecule has 0 radical (unpaired) electrons. The molecule has 0 amide bonds. The van der Waals surface area contributed by atoms with Gasteiger partial charge in [0.15, 0.2) is 0 Å². The molecule has 4 rings (SSSR count). The number of methoxy groups -OCH3 is 1. The van der Waals surface area contributed by atoms with Crippen LogP contribution in [0, 0.1) is 0 Å². The molecule has 0 aromatic carbocycles. The van der Waals surface area contributed by atoms with Crippen LogP contribution in [0.15, 0.2) is 12.3 Å². The van der Waals surface area contributed by atoms with E-state index in [-0.39, 0.29) is 5.60 Å². The van der Waals surface area contributed by atoms with Gasteiger partial charge in [-0.05, 0) is 37.8 Å². The van der Waals surface area contributed by atoms with Gasteiger partial charge in [0.05, 0.1) is 31.1 Å². The van der Waals surface area contributed by atoms with Crippen molar-refractivity contribution in [3.63, 3.8) is 0 Å². The van der Waals surface area contributed by atoms with Crippen LogP contribution in [-0.4, -0.2) is 52.8 Å². The Morgan fingerprint density at radius 2 is 2.33 bits per heavy atom. The van der Waals surface area contributed by atoms with Gasteiger partial charge in [0.25, 0.3) is 0 Å². The lowest BCUT2D eigenvalue weighted by Gasteiger charge is -2.47. The minimum atomic E-state index is -0.0799. The fraction of sp³-hybridized carbons (Fsp3) is 0.700. The second kappa shape index (κ2) is 7.99. The molecule has 148 valence electrons. The third-order valence-corrected chi connectivity index (χ3v) is 7.27. The maximum Gasteiger partial charge on any atom is 0.0969 e. The van der Waals surface area contributed by atoms with Crippen molar-refractivity contribution in [2.45, 2.75) is 64.3 Å². The first-order valence-electron chi connectivity index (χ1n) is 10.0. The van der Waals surface area contributed by atoms with Gasteiger partial charge in [-0.2, -0.15) is 0 Å². The van der Waals surface area contributed by atoms with Crippen molar-refractivity contribution < 1.29 is 9.47 Å². The summed E-state index contributed by atoms with van der Waals surface area (Å²) in [6, 6.07) is 2.88. The lowest BCUT2D eigenvalue weighted by Crippen LogP contribution is -2.50. The number of rotatable bonds is 6. The molecule has 4 heterocycles. The predicted octanol–water partition coefficient (Wildman–Crippen LogP) is 3.00. The van der Waals surface area contributed by atoms with Crippen LogP contribution in [0.4, 0.5) is 0 Å². The minimum absolute atomic E-state index is 0.0799. The Kier molecular flexibility index (Phi) is 5.64. The van der Waals surface area contributed by atoms with E-state index < -0.39 is 0 Å². The van der Waals surface area contributed by atoms with E-state index >= 15 is 0 Å². The van der Waals surface area contributed by atoms with Crippen LogP contribution in [0.5, 0.6) is 0 Å². The van der Waals surface area contributed by atoms with Crippen LogP contribution in [-0.2, 0) is 41.0 Å². The van der Waals surface area contributed by atoms with E-state index in [9.17, 15) is 0 Å². The van der Waals surface area contributed by atoms with Crippen LogP contribution in [0.3, 0.4) is 0 Å². The fourth-order valence-electron chi connectivity index (χ4n) is 4.42. The quantitative estimate of drug-likeness (QED) is 0.759. The molecule has 27 heavy (non-hydrogen) atoms. The topological polar surface area (TPSA) is 52.4 Å². The number of aryl methyl sites for hydroxylation is 1. The largest absolute Gasteiger partial charge is 0.383 e. The number of thiophene rings is 1. The summed E-state index contributed by atoms with van der Waals surface area (Å²) in [7, 11) is 1.71. The molecule has 6 nitrogen and oxygen atoms in total. The number of piperidine rings is 1. The second-order valence-corrected chi connectivity index (χ2v) is 8.96. The van der Waals surface area contributed by atoms with Gasteiger partial charge < -0.3 is 9.47 Å². The number of likely N-dealkylation sites (tertiary alicyclic amines) is 1. The summed E-state index contributed by atoms with van der Waals surface area (Å²) in [6.07, 6.45) is 6.34. The molecule has 0 N–H and O–H groups in total. The summed E-state index contributed by atoms with van der Waals surface area (Å²) in [5, 5.41) is 8.54. The van der Waals surface area contributed by atoms with Crippen LogP contribution in [0.25, 0.3) is 0 Å². The third-order valence-electron chi connectivity index (χ3n) is 5.93. The molecule has 1 fully saturated rings. The molecule has 2 atom stereocenters. The molecule has 2 aromatic heterocycles. The summed E-state index contributed by atoms with van der Waals surface area (Å²) in [5.74, 6) is 0. The van der Waals surface area contributed by atoms with Gasteiger partial charge in [0.1, 0.15) is 0 Å². The normalized spacial score (nSPS) is 25.8. The van der Waals surface area contributed by atoms with Gasteiger partial charge in [0.2, 0.25) is 0 Å². The lowest BCUT2D eigenvalue weighted by atomic mass is 9.79. The molecule has 0 unspecified atom stereocenters. The van der Waals surface area contributed by atoms with E-state index in [1.807, 2.05) is 22.2 Å². The van der Waals surface area contributed by atoms with Gasteiger partial charge in [0, 0.05) is 48.6 Å². The summed E-state index contributed by atoms with van der Waals surface area (Å²) in [4.78, 5) is 5.56. The van der Waals surface area contributed by atoms with Crippen molar-refractivity contribution in [3.8, 4) is 0 Å². The van der Waals surface area contributed by atoms with E-state index in [0.29, 0.717) is 12.6 Å². The molecule has 1 spiro atoms. The molecule has 0 bridgehead atoms. The number of nitrogens with zero attached hydrogens (tertiary/aromatic N) is 4. The zero-order valence-electron chi connectivity index (χ0n) is 16.6. The van der Waals surface area contributed by atoms with Crippen LogP contribution in [0.2, 0.25) is 0 Å². The molecule has 7 heteroatoms. The van der Waals surface area contributed by atoms with Crippen molar-refractivity contribution in [3.05, 3.63) is 33.3 Å². The highest BCUT2D eigenvalue weighted by Crippen LogP contribution is 2.46. The van der Waals surface area contributed by atoms with Crippen LogP contribution >= 0.6 is 11.3 Å². The van der Waals surface area contributed by atoms with Crippen molar-refractivity contribution >= 4 is 11.3 Å². The van der Waals surface area contributed by atoms with E-state index in [4.69, 9.17) is 9.47 Å². The monoisotopic (exact) mass is 390 g/mol. The highest BCUT2D eigenvalue weighted by molar-refractivity contribution is 7.12. The van der Waals surface area contributed by atoms with Gasteiger partial charge >= 0.3 is 0 Å². The lowest BCUT2D eigenvalue weighted by molar-refractivity contribution is -0.112. The van der Waals surface area contributed by atoms with E-state index in [1.54, 1.807) is 12.0 Å². The summed E-state index contributed by atoms with van der Waals surface area (Å²) < 4.78 is 13.4. The number of hydrogen-bond donors (Lipinski definition) is 0. The average Bonchev–Trinajstić information content (AvgIpc) is 3.30. The standard InChI is InChI=1S/C20H30N4O2S/c1-4-17-11-18-19(27-17)5-9-26-20(18)6-7-23(15(2)12-20)13-16-14-24(22-21-16)8-10-25-3/h11,14-15H,4-10,12-13H2,1-3H3/t15-,20+/m0/s1. The van der Waals surface area contributed by atoms with Gasteiger partial charge in [-0.25, -0.2) is 4.68 Å². The Labute approximate surface area is 165 Å². The Balaban J connectivity index is 1.44. The Morgan fingerprint density at radius 1 is 1.44 bits per heavy atom. The van der Waals surface area contributed by atoms with Crippen molar-refractivity contribution in [1.82, 2.24) is 19.9 Å². The molecule has 0 aliphatic carbocycles. The molecule has 1 saturated heterocycles. The molecular weight excluding hydrogens is 360 g/mol. The second-order valence-electron chi connectivity index (χ2n) is 7.74. The smallest absolute Gasteiger partial charge is 0.0969 e. The molecule has 0 saturated carbocycles. The zero-order chi connectivity index (χ0) is 18.9. The van der Waals surface area contributed by atoms with Crippen molar-refractivity contribution in [1.29, 1.82) is 0 Å². The van der Waals surface area contributed by atoms with Gasteiger partial charge in [-0.15, -0.1) is 16.4 Å². The van der Waals surface area contributed by atoms with Gasteiger partial charge in [-0.3, -0.25) is 4.90 Å². The maximum atomic E-state index is 6.44. The van der Waals surface area contributed by atoms with Crippen molar-refractivity contribution in [2.24, 2.45) is 0 Å². The Bertz CT molecular complexity index is 774. The number of fused-ring (bicyclic) bond motifs is 2. The predicted molar refractivity (Wildman–Crippen MR) is 106 cm³/mol. The number of hydrogen-bond acceptors (Lipinski definition) is 6. The number of aromatic nitrogens is 3. The highest BCUT2D eigenvalue weighted by Gasteiger charge is 2.44. The molecule has 2 aromatic rings. The molecule has 2 aliphatic heterocycles. The van der Waals surface area contributed by atoms with E-state index in [2.05, 4.69) is 35.1 Å². The molecule has 2 aliphatic rings. The third kappa shape index (κ3) is 3.83. The van der Waals surface area contributed by atoms with Crippen LogP contribution in [0.1, 0.15) is 47.7 Å². The first kappa shape index (κ1) is 19.1. The maximum absolute atomic E-state index is 6.44. The van der Waals surface area contributed by atoms with Crippen molar-refractivity contribution in [2.75, 3.05) is 26.9 Å². The van der Waals surface area contributed by atoms with Gasteiger partial charge in [-0.1, -0.05) is 12.1 Å². The highest BCUT2D eigenvalue weighted by atomic mass is 32.1. The Morgan fingerprint density at radius 3 is 3.11 bits per heavy atom.